The zero-order valence-electron chi connectivity index (χ0n) is 66.4. The molecule has 0 aliphatic heterocycles. The Bertz CT molecular complexity index is 6690. The summed E-state index contributed by atoms with van der Waals surface area (Å²) in [4.78, 5) is 48.0. The van der Waals surface area contributed by atoms with Crippen LogP contribution in [0.15, 0.2) is 332 Å². The molecule has 8 aromatic carbocycles. The molecule has 20 aromatic rings. The predicted molar refractivity (Wildman–Crippen MR) is 472 cm³/mol. The zero-order valence-corrected chi connectivity index (χ0v) is 67.3. The summed E-state index contributed by atoms with van der Waals surface area (Å²) >= 11 is 1.53. The summed E-state index contributed by atoms with van der Waals surface area (Å²) in [6.07, 6.45) is 18.2. The Labute approximate surface area is 701 Å². The highest BCUT2D eigenvalue weighted by Gasteiger charge is 2.25. The maximum absolute atomic E-state index is 11.0. The smallest absolute Gasteiger partial charge is 0.225 e. The van der Waals surface area contributed by atoms with Gasteiger partial charge < -0.3 is 29.9 Å². The van der Waals surface area contributed by atoms with Crippen molar-refractivity contribution in [3.63, 3.8) is 0 Å². The molecule has 20 nitrogen and oxygen atoms in total. The highest BCUT2D eigenvalue weighted by atomic mass is 32.1. The van der Waals surface area contributed by atoms with Gasteiger partial charge in [-0.15, -0.1) is 11.3 Å². The fraction of sp³-hybridized carbons (Fsp3) is 0.100. The van der Waals surface area contributed by atoms with Crippen molar-refractivity contribution >= 4 is 33.9 Å². The SMILES string of the molecule is Cc1ccc(Cc2nc3c(Cc4ccccc4)nc(-c4ccccn4)cn3c2O)cc1.Cc1ccc(Cc2nc3c(Cc4ccccc4)nc(-c4ccco4)cn3c2O)cc1.Cc1ccc(Cc2nc3c(Cc4ccccc4)nc(-c4ccncc4)cn3c2O)cc1.Oc1ccc(-c2cn3c(O)c(-c4cccs4)nc3c(Cc3ccccc3)n2)cc1. The second kappa shape index (κ2) is 35.5. The van der Waals surface area contributed by atoms with Crippen LogP contribution in [-0.2, 0) is 44.9 Å². The number of hydrogen-bond acceptors (Lipinski definition) is 17. The largest absolute Gasteiger partial charge is 0.508 e. The number of benzene rings is 8. The van der Waals surface area contributed by atoms with Gasteiger partial charge in [0.15, 0.2) is 28.3 Å². The Morgan fingerprint density at radius 3 is 1.05 bits per heavy atom. The van der Waals surface area contributed by atoms with Crippen molar-refractivity contribution in [2.24, 2.45) is 0 Å². The van der Waals surface area contributed by atoms with Gasteiger partial charge >= 0.3 is 0 Å². The van der Waals surface area contributed by atoms with Crippen molar-refractivity contribution in [1.29, 1.82) is 0 Å². The molecule has 0 aliphatic carbocycles. The van der Waals surface area contributed by atoms with Crippen molar-refractivity contribution in [2.75, 3.05) is 0 Å². The Balaban J connectivity index is 0.000000115. The van der Waals surface area contributed by atoms with Crippen molar-refractivity contribution < 1.29 is 29.9 Å². The Morgan fingerprint density at radius 1 is 0.289 bits per heavy atom. The van der Waals surface area contributed by atoms with E-state index in [1.54, 1.807) is 67.0 Å². The molecule has 21 heteroatoms. The molecular formula is C100H82N14O6S. The number of thiophene rings is 1. The lowest BCUT2D eigenvalue weighted by molar-refractivity contribution is 0.441. The van der Waals surface area contributed by atoms with Crippen LogP contribution in [0, 0.1) is 20.8 Å². The van der Waals surface area contributed by atoms with Crippen LogP contribution in [0.5, 0.6) is 29.3 Å². The molecular weight excluding hydrogens is 1530 g/mol. The van der Waals surface area contributed by atoms with Crippen LogP contribution in [0.4, 0.5) is 0 Å². The van der Waals surface area contributed by atoms with Crippen LogP contribution in [-0.4, -0.2) is 93.0 Å². The van der Waals surface area contributed by atoms with Gasteiger partial charge in [0, 0.05) is 99.5 Å². The standard InChI is InChI=1S/2C26H22N4O.C25H21N3O2.C23H17N3O2S/c1-18-10-12-20(13-11-18)16-23-26(31)30-17-24(21-9-5-6-14-27-21)28-22(25(30)29-23)15-19-7-3-2-4-8-19;1-18-7-9-20(10-8-18)16-23-26(31)30-17-24(21-11-13-27-14-12-21)28-22(25(30)29-23)15-19-5-3-2-4-6-19;1-17-9-11-19(12-10-17)15-21-25(29)28-16-22(23-8-5-13-30-23)26-20(24(28)27-21)14-18-6-3-2-4-7-18;27-17-10-8-16(9-11-17)19-14-26-22(18(24-19)13-15-5-2-1-3-6-15)25-21(23(26)28)20-7-4-12-29-20/h2*2-14,17,31H,15-16H2,1H3;2-13,16,29H,14-15H2,1H3;1-12,14,27-28H,13H2. The molecule has 0 saturated heterocycles. The topological polar surface area (TPSA) is 261 Å². The Morgan fingerprint density at radius 2 is 0.653 bits per heavy atom. The van der Waals surface area contributed by atoms with Crippen molar-refractivity contribution in [3.05, 3.63) is 423 Å². The fourth-order valence-electron chi connectivity index (χ4n) is 14.4. The molecule has 0 unspecified atom stereocenters. The minimum Gasteiger partial charge on any atom is -0.508 e. The number of fused-ring (bicyclic) bond motifs is 4. The van der Waals surface area contributed by atoms with Gasteiger partial charge in [-0.1, -0.05) is 223 Å². The van der Waals surface area contributed by atoms with Crippen molar-refractivity contribution in [1.82, 2.24) is 67.4 Å². The number of aromatic nitrogens is 14. The zero-order chi connectivity index (χ0) is 82.7. The minimum atomic E-state index is 0.0965. The Kier molecular flexibility index (Phi) is 22.9. The Hall–Kier alpha value is -15.5. The number of pyridine rings is 2. The summed E-state index contributed by atoms with van der Waals surface area (Å²) in [7, 11) is 0. The summed E-state index contributed by atoms with van der Waals surface area (Å²) < 4.78 is 12.5. The van der Waals surface area contributed by atoms with Gasteiger partial charge in [0.1, 0.15) is 39.9 Å². The molecule has 0 bridgehead atoms. The van der Waals surface area contributed by atoms with E-state index in [1.165, 1.54) is 28.0 Å². The number of imidazole rings is 4. The maximum atomic E-state index is 11.0. The second-order valence-corrected chi connectivity index (χ2v) is 30.5. The average Bonchev–Trinajstić information content (AvgIpc) is 1.65. The monoisotopic (exact) mass is 1610 g/mol. The van der Waals surface area contributed by atoms with Crippen LogP contribution < -0.4 is 0 Å². The summed E-state index contributed by atoms with van der Waals surface area (Å²) in [6, 6.07) is 89.4. The quantitative estimate of drug-likeness (QED) is 0.0504. The van der Waals surface area contributed by atoms with E-state index in [-0.39, 0.29) is 29.3 Å². The van der Waals surface area contributed by atoms with Gasteiger partial charge in [-0.05, 0) is 132 Å². The third kappa shape index (κ3) is 18.1. The van der Waals surface area contributed by atoms with Gasteiger partial charge in [0.05, 0.1) is 51.0 Å². The predicted octanol–water partition coefficient (Wildman–Crippen LogP) is 20.3. The number of phenols is 1. The summed E-state index contributed by atoms with van der Waals surface area (Å²) in [5.74, 6) is 1.38. The van der Waals surface area contributed by atoms with Crippen LogP contribution in [0.3, 0.4) is 0 Å². The molecule has 12 aromatic heterocycles. The summed E-state index contributed by atoms with van der Waals surface area (Å²) in [5.41, 5.74) is 25.2. The van der Waals surface area contributed by atoms with Crippen molar-refractivity contribution in [2.45, 2.75) is 65.7 Å². The molecule has 0 aliphatic rings. The average molecular weight is 1610 g/mol. The van der Waals surface area contributed by atoms with Gasteiger partial charge in [-0.2, -0.15) is 0 Å². The number of rotatable bonds is 19. The van der Waals surface area contributed by atoms with Crippen molar-refractivity contribution in [3.8, 4) is 85.2 Å². The first-order valence-corrected chi connectivity index (χ1v) is 40.5. The molecule has 0 amide bonds. The van der Waals surface area contributed by atoms with E-state index in [0.29, 0.717) is 113 Å². The molecule has 0 radical (unpaired) electrons. The molecule has 0 fully saturated rings. The van der Waals surface area contributed by atoms with Crippen LogP contribution in [0.25, 0.3) is 78.5 Å². The van der Waals surface area contributed by atoms with Gasteiger partial charge in [0.2, 0.25) is 23.5 Å². The van der Waals surface area contributed by atoms with Crippen LogP contribution >= 0.6 is 11.3 Å². The second-order valence-electron chi connectivity index (χ2n) is 29.6. The number of furan rings is 1. The molecule has 0 saturated carbocycles. The molecule has 0 atom stereocenters. The number of aromatic hydroxyl groups is 5. The number of phenolic OH excluding ortho intramolecular Hbond substituents is 1. The van der Waals surface area contributed by atoms with E-state index in [1.807, 2.05) is 169 Å². The number of aryl methyl sites for hydroxylation is 3. The van der Waals surface area contributed by atoms with E-state index >= 15 is 0 Å². The highest BCUT2D eigenvalue weighted by Crippen LogP contribution is 2.37. The van der Waals surface area contributed by atoms with E-state index < -0.39 is 0 Å². The normalized spacial score (nSPS) is 11.2. The molecule has 121 heavy (non-hydrogen) atoms. The molecule has 5 N–H and O–H groups in total. The maximum Gasteiger partial charge on any atom is 0.225 e. The lowest BCUT2D eigenvalue weighted by Gasteiger charge is -2.08. The lowest BCUT2D eigenvalue weighted by atomic mass is 10.1. The number of hydrogen-bond donors (Lipinski definition) is 5. The van der Waals surface area contributed by atoms with Gasteiger partial charge in [0.25, 0.3) is 0 Å². The molecule has 20 rings (SSSR count). The first-order valence-electron chi connectivity index (χ1n) is 39.6. The van der Waals surface area contributed by atoms with E-state index in [2.05, 4.69) is 140 Å². The highest BCUT2D eigenvalue weighted by molar-refractivity contribution is 7.13. The van der Waals surface area contributed by atoms with E-state index in [4.69, 9.17) is 44.3 Å². The number of nitrogens with zero attached hydrogens (tertiary/aromatic N) is 14. The first-order chi connectivity index (χ1) is 59.2. The van der Waals surface area contributed by atoms with E-state index in [9.17, 15) is 25.5 Å². The molecule has 12 heterocycles. The minimum absolute atomic E-state index is 0.0965. The molecule has 594 valence electrons. The summed E-state index contributed by atoms with van der Waals surface area (Å²) in [5, 5.41) is 55.5. The molecule has 0 spiro atoms. The lowest BCUT2D eigenvalue weighted by Crippen LogP contribution is -2.01. The van der Waals surface area contributed by atoms with Gasteiger partial charge in [-0.3, -0.25) is 27.6 Å². The fourth-order valence-corrected chi connectivity index (χ4v) is 15.1. The third-order valence-electron chi connectivity index (χ3n) is 20.7. The van der Waals surface area contributed by atoms with Crippen LogP contribution in [0.1, 0.15) is 95.5 Å². The van der Waals surface area contributed by atoms with Crippen LogP contribution in [0.2, 0.25) is 0 Å². The third-order valence-corrected chi connectivity index (χ3v) is 21.6. The van der Waals surface area contributed by atoms with Gasteiger partial charge in [-0.25, -0.2) is 39.9 Å². The summed E-state index contributed by atoms with van der Waals surface area (Å²) in [6.45, 7) is 6.19. The van der Waals surface area contributed by atoms with E-state index in [0.717, 1.165) is 89.1 Å². The first kappa shape index (κ1) is 78.1.